The van der Waals surface area contributed by atoms with Crippen LogP contribution in [0.4, 0.5) is 13.2 Å². The number of hydrogen-bond donors (Lipinski definition) is 2. The molecule has 1 aromatic carbocycles. The minimum Gasteiger partial charge on any atom is -0.492 e. The molecule has 3 N–H and O–H groups in total. The van der Waals surface area contributed by atoms with Gasteiger partial charge in [0, 0.05) is 11.6 Å². The van der Waals surface area contributed by atoms with Crippen molar-refractivity contribution in [1.29, 1.82) is 0 Å². The van der Waals surface area contributed by atoms with E-state index in [4.69, 9.17) is 15.7 Å². The van der Waals surface area contributed by atoms with Crippen LogP contribution in [0.15, 0.2) is 41.7 Å². The van der Waals surface area contributed by atoms with Crippen LogP contribution in [0.5, 0.6) is 5.75 Å². The maximum absolute atomic E-state index is 12.8. The Hall–Kier alpha value is -2.51. The van der Waals surface area contributed by atoms with Gasteiger partial charge in [0.05, 0.1) is 5.52 Å². The zero-order valence-electron chi connectivity index (χ0n) is 10.7. The molecule has 21 heavy (non-hydrogen) atoms. The molecular weight excluding hydrogens is 287 g/mol. The first-order valence-electron chi connectivity index (χ1n) is 5.94. The van der Waals surface area contributed by atoms with E-state index in [1.807, 2.05) is 0 Å². The van der Waals surface area contributed by atoms with E-state index >= 15 is 0 Å². The van der Waals surface area contributed by atoms with Crippen molar-refractivity contribution in [2.24, 2.45) is 16.8 Å². The second-order valence-electron chi connectivity index (χ2n) is 4.26. The molecule has 0 bridgehead atoms. The average molecular weight is 299 g/mol. The number of fused-ring (bicyclic) bond motifs is 1. The summed E-state index contributed by atoms with van der Waals surface area (Å²) in [5, 5.41) is 11.4. The Labute approximate surface area is 117 Å². The number of aromatic nitrogens is 1. The van der Waals surface area contributed by atoms with Gasteiger partial charge < -0.3 is 15.7 Å². The van der Waals surface area contributed by atoms with Crippen molar-refractivity contribution in [3.8, 4) is 5.75 Å². The van der Waals surface area contributed by atoms with Gasteiger partial charge >= 0.3 is 6.18 Å². The van der Waals surface area contributed by atoms with E-state index in [9.17, 15) is 13.2 Å². The van der Waals surface area contributed by atoms with Crippen LogP contribution in [0.2, 0.25) is 0 Å². The van der Waals surface area contributed by atoms with Gasteiger partial charge in [0.25, 0.3) is 0 Å². The van der Waals surface area contributed by atoms with Crippen LogP contribution in [-0.2, 0) is 0 Å². The van der Waals surface area contributed by atoms with Crippen LogP contribution in [0.25, 0.3) is 10.9 Å². The monoisotopic (exact) mass is 299 g/mol. The molecule has 1 heterocycles. The fraction of sp³-hybridized carbons (Fsp3) is 0.231. The van der Waals surface area contributed by atoms with E-state index in [0.717, 1.165) is 0 Å². The molecule has 0 aliphatic carbocycles. The third kappa shape index (κ3) is 3.33. The van der Waals surface area contributed by atoms with Gasteiger partial charge in [-0.05, 0) is 24.3 Å². The van der Waals surface area contributed by atoms with Crippen molar-refractivity contribution in [2.45, 2.75) is 6.18 Å². The Balaban J connectivity index is 2.24. The lowest BCUT2D eigenvalue weighted by molar-refractivity contribution is -0.162. The number of nitrogens with zero attached hydrogens (tertiary/aromatic N) is 2. The summed E-state index contributed by atoms with van der Waals surface area (Å²) in [6, 6.07) is 8.21. The predicted molar refractivity (Wildman–Crippen MR) is 70.2 cm³/mol. The topological polar surface area (TPSA) is 80.7 Å². The quantitative estimate of drug-likeness (QED) is 0.393. The molecule has 2 aromatic rings. The number of rotatable bonds is 4. The molecule has 5 nitrogen and oxygen atoms in total. The van der Waals surface area contributed by atoms with E-state index in [1.54, 1.807) is 30.5 Å². The molecule has 0 spiro atoms. The van der Waals surface area contributed by atoms with Gasteiger partial charge in [-0.2, -0.15) is 13.2 Å². The highest BCUT2D eigenvalue weighted by Gasteiger charge is 2.43. The summed E-state index contributed by atoms with van der Waals surface area (Å²) >= 11 is 0. The Morgan fingerprint density at radius 3 is 2.76 bits per heavy atom. The zero-order chi connectivity index (χ0) is 15.5. The number of benzene rings is 1. The third-order valence-electron chi connectivity index (χ3n) is 2.88. The number of hydrogen-bond acceptors (Lipinski definition) is 4. The molecule has 1 atom stereocenters. The summed E-state index contributed by atoms with van der Waals surface area (Å²) < 4.78 is 43.6. The van der Waals surface area contributed by atoms with E-state index < -0.39 is 24.5 Å². The smallest absolute Gasteiger partial charge is 0.402 e. The summed E-state index contributed by atoms with van der Waals surface area (Å²) in [7, 11) is 0. The van der Waals surface area contributed by atoms with Crippen molar-refractivity contribution in [3.63, 3.8) is 0 Å². The summed E-state index contributed by atoms with van der Waals surface area (Å²) in [5.74, 6) is -2.88. The number of alkyl halides is 3. The Bertz CT molecular complexity index is 653. The number of ether oxygens (including phenoxy) is 1. The SMILES string of the molecule is N/C(=N/O)C(COc1cccc2ncccc12)C(F)(F)F. The maximum Gasteiger partial charge on any atom is 0.402 e. The summed E-state index contributed by atoms with van der Waals surface area (Å²) in [4.78, 5) is 4.08. The predicted octanol–water partition coefficient (Wildman–Crippen LogP) is 2.54. The van der Waals surface area contributed by atoms with E-state index in [0.29, 0.717) is 10.9 Å². The second kappa shape index (κ2) is 5.86. The largest absolute Gasteiger partial charge is 0.492 e. The molecule has 0 radical (unpaired) electrons. The van der Waals surface area contributed by atoms with Gasteiger partial charge in [-0.15, -0.1) is 0 Å². The van der Waals surface area contributed by atoms with Gasteiger partial charge in [-0.1, -0.05) is 11.2 Å². The van der Waals surface area contributed by atoms with Crippen LogP contribution < -0.4 is 10.5 Å². The maximum atomic E-state index is 12.8. The first kappa shape index (κ1) is 14.9. The molecule has 1 unspecified atom stereocenters. The number of oxime groups is 1. The highest BCUT2D eigenvalue weighted by atomic mass is 19.4. The summed E-state index contributed by atoms with van der Waals surface area (Å²) in [5.41, 5.74) is 5.67. The lowest BCUT2D eigenvalue weighted by Crippen LogP contribution is -2.40. The normalized spacial score (nSPS) is 14.1. The fourth-order valence-electron chi connectivity index (χ4n) is 1.79. The van der Waals surface area contributed by atoms with Crippen LogP contribution in [0.1, 0.15) is 0 Å². The molecular formula is C13H12F3N3O2. The molecule has 8 heteroatoms. The Kier molecular flexibility index (Phi) is 4.15. The molecule has 112 valence electrons. The molecule has 0 saturated heterocycles. The van der Waals surface area contributed by atoms with Crippen LogP contribution >= 0.6 is 0 Å². The highest BCUT2D eigenvalue weighted by molar-refractivity contribution is 5.85. The second-order valence-corrected chi connectivity index (χ2v) is 4.26. The Morgan fingerprint density at radius 1 is 1.33 bits per heavy atom. The summed E-state index contributed by atoms with van der Waals surface area (Å²) in [6.07, 6.45) is -3.10. The van der Waals surface area contributed by atoms with Gasteiger partial charge in [-0.3, -0.25) is 4.98 Å². The van der Waals surface area contributed by atoms with Gasteiger partial charge in [0.2, 0.25) is 0 Å². The van der Waals surface area contributed by atoms with Gasteiger partial charge in [0.1, 0.15) is 18.3 Å². The van der Waals surface area contributed by atoms with Crippen molar-refractivity contribution < 1.29 is 23.1 Å². The minimum atomic E-state index is -4.67. The van der Waals surface area contributed by atoms with Crippen LogP contribution in [-0.4, -0.2) is 28.8 Å². The lowest BCUT2D eigenvalue weighted by Gasteiger charge is -2.19. The van der Waals surface area contributed by atoms with Crippen LogP contribution in [0, 0.1) is 5.92 Å². The number of halogens is 3. The number of amidine groups is 1. The van der Waals surface area contributed by atoms with Crippen LogP contribution in [0.3, 0.4) is 0 Å². The molecule has 0 aliphatic rings. The van der Waals surface area contributed by atoms with Gasteiger partial charge in [-0.25, -0.2) is 0 Å². The van der Waals surface area contributed by atoms with Crippen molar-refractivity contribution in [1.82, 2.24) is 4.98 Å². The summed E-state index contributed by atoms with van der Waals surface area (Å²) in [6.45, 7) is -0.784. The molecule has 0 saturated carbocycles. The fourth-order valence-corrected chi connectivity index (χ4v) is 1.79. The Morgan fingerprint density at radius 2 is 2.10 bits per heavy atom. The first-order chi connectivity index (χ1) is 9.93. The van der Waals surface area contributed by atoms with Crippen molar-refractivity contribution >= 4 is 16.7 Å². The molecule has 0 fully saturated rings. The number of pyridine rings is 1. The average Bonchev–Trinajstić information content (AvgIpc) is 2.46. The van der Waals surface area contributed by atoms with Crippen molar-refractivity contribution in [3.05, 3.63) is 36.5 Å². The lowest BCUT2D eigenvalue weighted by atomic mass is 10.1. The highest BCUT2D eigenvalue weighted by Crippen LogP contribution is 2.29. The van der Waals surface area contributed by atoms with Gasteiger partial charge in [0.15, 0.2) is 5.84 Å². The molecule has 0 aliphatic heterocycles. The van der Waals surface area contributed by atoms with E-state index in [2.05, 4.69) is 10.1 Å². The molecule has 2 rings (SSSR count). The molecule has 1 aromatic heterocycles. The number of nitrogens with two attached hydrogens (primary N) is 1. The van der Waals surface area contributed by atoms with Crippen molar-refractivity contribution in [2.75, 3.05) is 6.61 Å². The standard InChI is InChI=1S/C13H12F3N3O2/c14-13(15,16)9(12(17)19-20)7-21-11-5-1-4-10-8(11)3-2-6-18-10/h1-6,9,20H,7H2,(H2,17,19). The molecule has 0 amide bonds. The first-order valence-corrected chi connectivity index (χ1v) is 5.94. The van der Waals surface area contributed by atoms with E-state index in [1.165, 1.54) is 6.07 Å². The zero-order valence-corrected chi connectivity index (χ0v) is 10.7. The van der Waals surface area contributed by atoms with E-state index in [-0.39, 0.29) is 5.75 Å². The minimum absolute atomic E-state index is 0.251. The third-order valence-corrected chi connectivity index (χ3v) is 2.88.